The van der Waals surface area contributed by atoms with E-state index < -0.39 is 36.1 Å². The van der Waals surface area contributed by atoms with Gasteiger partial charge in [-0.2, -0.15) is 13.2 Å². The van der Waals surface area contributed by atoms with Crippen LogP contribution in [0.4, 0.5) is 13.2 Å². The average Bonchev–Trinajstić information content (AvgIpc) is 2.66. The van der Waals surface area contributed by atoms with Gasteiger partial charge in [-0.1, -0.05) is 25.5 Å². The van der Waals surface area contributed by atoms with Crippen LogP contribution in [0.3, 0.4) is 0 Å². The van der Waals surface area contributed by atoms with Crippen molar-refractivity contribution in [2.24, 2.45) is 11.8 Å². The molecule has 1 aromatic carbocycles. The van der Waals surface area contributed by atoms with Crippen molar-refractivity contribution < 1.29 is 22.7 Å². The zero-order chi connectivity index (χ0) is 20.5. The molecule has 2 fully saturated rings. The van der Waals surface area contributed by atoms with Crippen LogP contribution in [-0.4, -0.2) is 41.9 Å². The number of halogens is 3. The third-order valence-electron chi connectivity index (χ3n) is 5.43. The monoisotopic (exact) mass is 415 g/mol. The number of piperidine rings is 1. The molecule has 1 aromatic rings. The number of nitrogens with one attached hydrogen (secondary N) is 2. The number of hydrogen-bond acceptors (Lipinski definition) is 4. The third-order valence-corrected chi connectivity index (χ3v) is 5.77. The van der Waals surface area contributed by atoms with Gasteiger partial charge in [0.1, 0.15) is 5.75 Å². The van der Waals surface area contributed by atoms with Crippen LogP contribution in [0.5, 0.6) is 5.75 Å². The lowest BCUT2D eigenvalue weighted by atomic mass is 9.76. The Morgan fingerprint density at radius 1 is 1.36 bits per heavy atom. The maximum absolute atomic E-state index is 13.9. The lowest BCUT2D eigenvalue weighted by molar-refractivity contribution is -0.209. The highest BCUT2D eigenvalue weighted by Gasteiger charge is 2.57. The maximum atomic E-state index is 13.9. The molecule has 2 heterocycles. The van der Waals surface area contributed by atoms with Gasteiger partial charge >= 0.3 is 6.18 Å². The average molecular weight is 415 g/mol. The van der Waals surface area contributed by atoms with E-state index in [9.17, 15) is 18.0 Å². The van der Waals surface area contributed by atoms with Gasteiger partial charge in [0, 0.05) is 12.6 Å². The van der Waals surface area contributed by atoms with Gasteiger partial charge in [0.15, 0.2) is 5.11 Å². The van der Waals surface area contributed by atoms with E-state index >= 15 is 0 Å². The molecular weight excluding hydrogens is 391 g/mol. The summed E-state index contributed by atoms with van der Waals surface area (Å²) < 4.78 is 46.9. The van der Waals surface area contributed by atoms with Gasteiger partial charge in [-0.25, -0.2) is 0 Å². The lowest BCUT2D eigenvalue weighted by Crippen LogP contribution is -2.70. The summed E-state index contributed by atoms with van der Waals surface area (Å²) >= 11 is 5.27. The molecule has 2 saturated heterocycles. The molecule has 1 amide bonds. The highest BCUT2D eigenvalue weighted by Crippen LogP contribution is 2.45. The van der Waals surface area contributed by atoms with E-state index in [1.165, 1.54) is 7.11 Å². The first-order chi connectivity index (χ1) is 13.3. The number of carbonyl (C=O) groups excluding carboxylic acids is 1. The van der Waals surface area contributed by atoms with Gasteiger partial charge in [-0.05, 0) is 42.8 Å². The van der Waals surface area contributed by atoms with Crippen LogP contribution in [0.1, 0.15) is 37.8 Å². The van der Waals surface area contributed by atoms with Crippen LogP contribution < -0.4 is 15.4 Å². The molecule has 0 saturated carbocycles. The molecular formula is C19H24F3N3O2S. The van der Waals surface area contributed by atoms with Crippen molar-refractivity contribution in [3.05, 3.63) is 29.8 Å². The normalized spacial score (nSPS) is 28.0. The van der Waals surface area contributed by atoms with Gasteiger partial charge in [0.05, 0.1) is 25.1 Å². The van der Waals surface area contributed by atoms with E-state index in [-0.39, 0.29) is 11.5 Å². The Morgan fingerprint density at radius 3 is 2.75 bits per heavy atom. The molecule has 5 nitrogen and oxygen atoms in total. The molecule has 0 bridgehead atoms. The fourth-order valence-electron chi connectivity index (χ4n) is 3.99. The highest BCUT2D eigenvalue weighted by molar-refractivity contribution is 7.80. The number of benzene rings is 1. The number of amides is 1. The highest BCUT2D eigenvalue weighted by atomic mass is 32.1. The summed E-state index contributed by atoms with van der Waals surface area (Å²) in [6.07, 6.45) is -3.88. The molecule has 4 unspecified atom stereocenters. The molecule has 0 spiro atoms. The fourth-order valence-corrected chi connectivity index (χ4v) is 4.30. The quantitative estimate of drug-likeness (QED) is 0.723. The predicted octanol–water partition coefficient (Wildman–Crippen LogP) is 3.37. The first kappa shape index (κ1) is 20.9. The molecule has 3 rings (SSSR count). The van der Waals surface area contributed by atoms with Crippen molar-refractivity contribution in [2.75, 3.05) is 13.7 Å². The summed E-state index contributed by atoms with van der Waals surface area (Å²) in [6.45, 7) is 2.48. The van der Waals surface area contributed by atoms with Crippen LogP contribution in [0.2, 0.25) is 0 Å². The predicted molar refractivity (Wildman–Crippen MR) is 103 cm³/mol. The van der Waals surface area contributed by atoms with Crippen LogP contribution in [0.25, 0.3) is 0 Å². The van der Waals surface area contributed by atoms with Gasteiger partial charge in [0.25, 0.3) is 0 Å². The summed E-state index contributed by atoms with van der Waals surface area (Å²) in [4.78, 5) is 14.2. The summed E-state index contributed by atoms with van der Waals surface area (Å²) in [5, 5.41) is 5.92. The topological polar surface area (TPSA) is 53.6 Å². The summed E-state index contributed by atoms with van der Waals surface area (Å²) in [5.74, 6) is -3.10. The molecule has 2 aliphatic heterocycles. The van der Waals surface area contributed by atoms with Gasteiger partial charge in [0.2, 0.25) is 5.91 Å². The number of carbonyl (C=O) groups is 1. The van der Waals surface area contributed by atoms with Gasteiger partial charge in [-0.3, -0.25) is 10.1 Å². The van der Waals surface area contributed by atoms with Crippen molar-refractivity contribution in [1.82, 2.24) is 15.5 Å². The van der Waals surface area contributed by atoms with E-state index in [4.69, 9.17) is 17.0 Å². The third kappa shape index (κ3) is 4.10. The molecule has 2 aliphatic rings. The van der Waals surface area contributed by atoms with Crippen LogP contribution >= 0.6 is 12.2 Å². The van der Waals surface area contributed by atoms with Crippen molar-refractivity contribution in [1.29, 1.82) is 0 Å². The first-order valence-corrected chi connectivity index (χ1v) is 9.75. The number of methoxy groups -OCH3 is 1. The van der Waals surface area contributed by atoms with E-state index in [1.54, 1.807) is 29.2 Å². The number of rotatable bonds is 5. The molecule has 154 valence electrons. The van der Waals surface area contributed by atoms with Crippen molar-refractivity contribution in [3.63, 3.8) is 0 Å². The molecule has 2 N–H and O–H groups in total. The van der Waals surface area contributed by atoms with Crippen molar-refractivity contribution in [3.8, 4) is 5.75 Å². The number of nitrogens with zero attached hydrogens (tertiary/aromatic N) is 1. The second-order valence-electron chi connectivity index (χ2n) is 7.19. The minimum atomic E-state index is -4.49. The molecule has 0 aromatic heterocycles. The number of fused-ring (bicyclic) bond motifs is 1. The number of ether oxygens (including phenoxy) is 1. The summed E-state index contributed by atoms with van der Waals surface area (Å²) in [7, 11) is 1.51. The fraction of sp³-hybridized carbons (Fsp3) is 0.579. The standard InChI is InChI=1S/C19H24F3N3O2S/c1-3-4-8-25-16-15(17(26)24-18(25)28)13(19(20,21)22)10-14(23-16)11-6-5-7-12(9-11)27-2/h5-7,9,13-16,23H,3-4,8,10H2,1-2H3,(H,24,26,28). The zero-order valence-electron chi connectivity index (χ0n) is 15.8. The summed E-state index contributed by atoms with van der Waals surface area (Å²) in [6, 6.07) is 6.42. The Balaban J connectivity index is 1.98. The Labute approximate surface area is 167 Å². The van der Waals surface area contributed by atoms with E-state index in [0.717, 1.165) is 12.8 Å². The van der Waals surface area contributed by atoms with Crippen molar-refractivity contribution in [2.45, 2.75) is 44.6 Å². The van der Waals surface area contributed by atoms with Gasteiger partial charge < -0.3 is 15.0 Å². The second-order valence-corrected chi connectivity index (χ2v) is 7.58. The van der Waals surface area contributed by atoms with E-state index in [0.29, 0.717) is 17.9 Å². The Bertz CT molecular complexity index is 743. The molecule has 4 atom stereocenters. The SMILES string of the molecule is CCCCN1C(=S)NC(=O)C2C1NC(c1cccc(OC)c1)CC2C(F)(F)F. The Kier molecular flexibility index (Phi) is 6.14. The smallest absolute Gasteiger partial charge is 0.392 e. The maximum Gasteiger partial charge on any atom is 0.392 e. The molecule has 9 heteroatoms. The number of alkyl halides is 3. The number of hydrogen-bond donors (Lipinski definition) is 2. The minimum Gasteiger partial charge on any atom is -0.497 e. The largest absolute Gasteiger partial charge is 0.497 e. The van der Waals surface area contributed by atoms with Crippen LogP contribution in [0, 0.1) is 11.8 Å². The number of thiocarbonyl (C=S) groups is 1. The zero-order valence-corrected chi connectivity index (χ0v) is 16.6. The molecule has 0 radical (unpaired) electrons. The Morgan fingerprint density at radius 2 is 2.11 bits per heavy atom. The minimum absolute atomic E-state index is 0.180. The Hall–Kier alpha value is -1.87. The van der Waals surface area contributed by atoms with Crippen molar-refractivity contribution >= 4 is 23.2 Å². The summed E-state index contributed by atoms with van der Waals surface area (Å²) in [5.41, 5.74) is 0.694. The molecule has 28 heavy (non-hydrogen) atoms. The van der Waals surface area contributed by atoms with Gasteiger partial charge in [-0.15, -0.1) is 0 Å². The van der Waals surface area contributed by atoms with Crippen LogP contribution in [-0.2, 0) is 4.79 Å². The first-order valence-electron chi connectivity index (χ1n) is 9.34. The van der Waals surface area contributed by atoms with E-state index in [1.807, 2.05) is 6.92 Å². The molecule has 0 aliphatic carbocycles. The number of unbranched alkanes of at least 4 members (excludes halogenated alkanes) is 1. The van der Waals surface area contributed by atoms with Crippen LogP contribution in [0.15, 0.2) is 24.3 Å². The van der Waals surface area contributed by atoms with E-state index in [2.05, 4.69) is 10.6 Å². The second kappa shape index (κ2) is 8.24. The lowest BCUT2D eigenvalue weighted by Gasteiger charge is -2.50.